The van der Waals surface area contributed by atoms with E-state index in [0.717, 1.165) is 37.1 Å². The Balaban J connectivity index is 1.87. The van der Waals surface area contributed by atoms with Crippen LogP contribution >= 0.6 is 0 Å². The normalized spacial score (nSPS) is 20.7. The van der Waals surface area contributed by atoms with Crippen molar-refractivity contribution in [3.05, 3.63) is 35.4 Å². The van der Waals surface area contributed by atoms with Crippen molar-refractivity contribution in [3.63, 3.8) is 0 Å². The Hall–Kier alpha value is -2.04. The van der Waals surface area contributed by atoms with Crippen molar-refractivity contribution >= 4 is 12.0 Å². The zero-order valence-electron chi connectivity index (χ0n) is 14.7. The second-order valence-electron chi connectivity index (χ2n) is 7.63. The highest BCUT2D eigenvalue weighted by molar-refractivity contribution is 5.87. The van der Waals surface area contributed by atoms with Crippen LogP contribution in [0.2, 0.25) is 0 Å². The number of carbonyl (C=O) groups is 2. The molecular weight excluding hydrogens is 304 g/mol. The molecule has 2 aliphatic rings. The number of benzene rings is 1. The molecule has 0 spiro atoms. The smallest absolute Gasteiger partial charge is 0.411 e. The van der Waals surface area contributed by atoms with E-state index >= 15 is 0 Å². The predicted octanol–water partition coefficient (Wildman–Crippen LogP) is 2.97. The molecule has 3 rings (SSSR count). The van der Waals surface area contributed by atoms with E-state index in [1.165, 1.54) is 0 Å². The number of nitrogens with zero attached hydrogens (tertiary/aromatic N) is 2. The summed E-state index contributed by atoms with van der Waals surface area (Å²) in [5.41, 5.74) is 1.67. The van der Waals surface area contributed by atoms with Crippen LogP contribution in [0.25, 0.3) is 0 Å². The number of hydrogen-bond acceptors (Lipinski definition) is 3. The molecule has 1 atom stereocenters. The van der Waals surface area contributed by atoms with Gasteiger partial charge in [-0.25, -0.2) is 4.79 Å². The number of likely N-dealkylation sites (tertiary alicyclic amines) is 1. The SMILES string of the molecule is CC(C)(C)OC(=O)N1Cc2ccccc2C[C@H]1C(=O)N1CCCC1. The maximum absolute atomic E-state index is 13.0. The lowest BCUT2D eigenvalue weighted by atomic mass is 9.93. The van der Waals surface area contributed by atoms with Gasteiger partial charge in [-0.1, -0.05) is 24.3 Å². The summed E-state index contributed by atoms with van der Waals surface area (Å²) in [5, 5.41) is 0. The van der Waals surface area contributed by atoms with Gasteiger partial charge in [0.15, 0.2) is 0 Å². The van der Waals surface area contributed by atoms with E-state index in [1.807, 2.05) is 49.9 Å². The molecule has 0 N–H and O–H groups in total. The molecular formula is C19H26N2O3. The van der Waals surface area contributed by atoms with Crippen molar-refractivity contribution < 1.29 is 14.3 Å². The standard InChI is InChI=1S/C19H26N2O3/c1-19(2,3)24-18(23)21-13-15-9-5-4-8-14(15)12-16(21)17(22)20-10-6-7-11-20/h4-5,8-9,16H,6-7,10-13H2,1-3H3/t16-/m0/s1. The van der Waals surface area contributed by atoms with E-state index in [1.54, 1.807) is 4.90 Å². The maximum atomic E-state index is 13.0. The first kappa shape index (κ1) is 16.8. The molecule has 1 aromatic rings. The third kappa shape index (κ3) is 3.55. The molecule has 1 saturated heterocycles. The quantitative estimate of drug-likeness (QED) is 0.795. The monoisotopic (exact) mass is 330 g/mol. The summed E-state index contributed by atoms with van der Waals surface area (Å²) >= 11 is 0. The van der Waals surface area contributed by atoms with Gasteiger partial charge >= 0.3 is 6.09 Å². The zero-order chi connectivity index (χ0) is 17.3. The summed E-state index contributed by atoms with van der Waals surface area (Å²) in [6.07, 6.45) is 2.24. The van der Waals surface area contributed by atoms with Crippen LogP contribution in [0.3, 0.4) is 0 Å². The molecule has 0 unspecified atom stereocenters. The Morgan fingerprint density at radius 3 is 2.33 bits per heavy atom. The Bertz CT molecular complexity index is 630. The van der Waals surface area contributed by atoms with Gasteiger partial charge in [-0.2, -0.15) is 0 Å². The van der Waals surface area contributed by atoms with Crippen LogP contribution in [0, 0.1) is 0 Å². The van der Waals surface area contributed by atoms with E-state index < -0.39 is 17.7 Å². The second-order valence-corrected chi connectivity index (χ2v) is 7.63. The molecule has 1 fully saturated rings. The van der Waals surface area contributed by atoms with Gasteiger partial charge in [0.05, 0.1) is 6.54 Å². The summed E-state index contributed by atoms with van der Waals surface area (Å²) < 4.78 is 5.55. The molecule has 2 aliphatic heterocycles. The maximum Gasteiger partial charge on any atom is 0.411 e. The molecule has 0 radical (unpaired) electrons. The first-order valence-corrected chi connectivity index (χ1v) is 8.70. The molecule has 0 bridgehead atoms. The van der Waals surface area contributed by atoms with Gasteiger partial charge < -0.3 is 9.64 Å². The van der Waals surface area contributed by atoms with Crippen LogP contribution in [-0.2, 0) is 22.5 Å². The Morgan fingerprint density at radius 2 is 1.71 bits per heavy atom. The Morgan fingerprint density at radius 1 is 1.08 bits per heavy atom. The lowest BCUT2D eigenvalue weighted by Crippen LogP contribution is -2.54. The number of hydrogen-bond donors (Lipinski definition) is 0. The fraction of sp³-hybridized carbons (Fsp3) is 0.579. The average Bonchev–Trinajstić information content (AvgIpc) is 3.05. The highest BCUT2D eigenvalue weighted by Gasteiger charge is 2.39. The van der Waals surface area contributed by atoms with Crippen LogP contribution in [0.15, 0.2) is 24.3 Å². The van der Waals surface area contributed by atoms with Crippen LogP contribution in [0.1, 0.15) is 44.7 Å². The summed E-state index contributed by atoms with van der Waals surface area (Å²) in [5.74, 6) is 0.0489. The minimum absolute atomic E-state index is 0.0489. The molecule has 5 nitrogen and oxygen atoms in total. The van der Waals surface area contributed by atoms with Gasteiger partial charge in [-0.3, -0.25) is 9.69 Å². The fourth-order valence-electron chi connectivity index (χ4n) is 3.40. The summed E-state index contributed by atoms with van der Waals surface area (Å²) in [6, 6.07) is 7.55. The Labute approximate surface area is 143 Å². The van der Waals surface area contributed by atoms with Crippen molar-refractivity contribution in [1.82, 2.24) is 9.80 Å². The van der Waals surface area contributed by atoms with Crippen molar-refractivity contribution in [1.29, 1.82) is 0 Å². The number of carbonyl (C=O) groups excluding carboxylic acids is 2. The van der Waals surface area contributed by atoms with Gasteiger partial charge in [0.1, 0.15) is 11.6 Å². The van der Waals surface area contributed by atoms with Crippen LogP contribution in [0.4, 0.5) is 4.79 Å². The molecule has 0 aromatic heterocycles. The molecule has 5 heteroatoms. The fourth-order valence-corrected chi connectivity index (χ4v) is 3.40. The van der Waals surface area contributed by atoms with E-state index in [-0.39, 0.29) is 5.91 Å². The highest BCUT2D eigenvalue weighted by atomic mass is 16.6. The Kier molecular flexibility index (Phi) is 4.52. The summed E-state index contributed by atoms with van der Waals surface area (Å²) in [4.78, 5) is 29.1. The molecule has 24 heavy (non-hydrogen) atoms. The first-order chi connectivity index (χ1) is 11.3. The average molecular weight is 330 g/mol. The van der Waals surface area contributed by atoms with E-state index in [2.05, 4.69) is 0 Å². The third-order valence-electron chi connectivity index (χ3n) is 4.58. The van der Waals surface area contributed by atoms with Gasteiger partial charge in [0.25, 0.3) is 0 Å². The highest BCUT2D eigenvalue weighted by Crippen LogP contribution is 2.27. The topological polar surface area (TPSA) is 49.9 Å². The van der Waals surface area contributed by atoms with E-state index in [4.69, 9.17) is 4.74 Å². The van der Waals surface area contributed by atoms with Crippen LogP contribution in [0.5, 0.6) is 0 Å². The minimum atomic E-state index is -0.574. The number of ether oxygens (including phenoxy) is 1. The zero-order valence-corrected chi connectivity index (χ0v) is 14.7. The van der Waals surface area contributed by atoms with Gasteiger partial charge in [-0.05, 0) is 44.7 Å². The van der Waals surface area contributed by atoms with Crippen molar-refractivity contribution in [2.45, 2.75) is 58.2 Å². The first-order valence-electron chi connectivity index (χ1n) is 8.70. The molecule has 130 valence electrons. The number of fused-ring (bicyclic) bond motifs is 1. The van der Waals surface area contributed by atoms with Gasteiger partial charge in [0.2, 0.25) is 5.91 Å². The summed E-state index contributed by atoms with van der Waals surface area (Å²) in [7, 11) is 0. The predicted molar refractivity (Wildman–Crippen MR) is 91.5 cm³/mol. The van der Waals surface area contributed by atoms with Crippen molar-refractivity contribution in [2.24, 2.45) is 0 Å². The lowest BCUT2D eigenvalue weighted by Gasteiger charge is -2.38. The third-order valence-corrected chi connectivity index (χ3v) is 4.58. The van der Waals surface area contributed by atoms with Crippen LogP contribution in [-0.4, -0.2) is 46.5 Å². The molecule has 0 saturated carbocycles. The van der Waals surface area contributed by atoms with Gasteiger partial charge in [-0.15, -0.1) is 0 Å². The van der Waals surface area contributed by atoms with Gasteiger partial charge in [0, 0.05) is 19.5 Å². The molecule has 1 aromatic carbocycles. The molecule has 2 heterocycles. The summed E-state index contributed by atoms with van der Waals surface area (Å²) in [6.45, 7) is 7.55. The largest absolute Gasteiger partial charge is 0.444 e. The number of amides is 2. The van der Waals surface area contributed by atoms with E-state index in [9.17, 15) is 9.59 Å². The molecule has 2 amide bonds. The van der Waals surface area contributed by atoms with Crippen molar-refractivity contribution in [3.8, 4) is 0 Å². The second kappa shape index (κ2) is 6.46. The minimum Gasteiger partial charge on any atom is -0.444 e. The van der Waals surface area contributed by atoms with E-state index in [0.29, 0.717) is 13.0 Å². The number of rotatable bonds is 1. The van der Waals surface area contributed by atoms with Crippen LogP contribution < -0.4 is 0 Å². The lowest BCUT2D eigenvalue weighted by molar-refractivity contribution is -0.136. The van der Waals surface area contributed by atoms with Crippen molar-refractivity contribution in [2.75, 3.05) is 13.1 Å². The molecule has 0 aliphatic carbocycles.